The van der Waals surface area contributed by atoms with E-state index in [0.29, 0.717) is 24.2 Å². The third-order valence-electron chi connectivity index (χ3n) is 6.13. The van der Waals surface area contributed by atoms with Crippen molar-refractivity contribution in [3.05, 3.63) is 47.5 Å². The number of nitrogens with zero attached hydrogens (tertiary/aromatic N) is 3. The van der Waals surface area contributed by atoms with E-state index in [0.717, 1.165) is 37.6 Å². The minimum Gasteiger partial charge on any atom is -0.316 e. The van der Waals surface area contributed by atoms with E-state index in [4.69, 9.17) is 10.1 Å². The molecule has 138 valence electrons. The number of hydrogen-bond donors (Lipinski definition) is 1. The van der Waals surface area contributed by atoms with Crippen LogP contribution in [0.15, 0.2) is 30.3 Å². The largest absolute Gasteiger partial charge is 0.316 e. The Morgan fingerprint density at radius 2 is 1.88 bits per heavy atom. The molecular formula is C19H24N4O2S. The summed E-state index contributed by atoms with van der Waals surface area (Å²) >= 11 is 0. The maximum Gasteiger partial charge on any atom is 0.152 e. The molecule has 3 aliphatic rings. The van der Waals surface area contributed by atoms with Crippen LogP contribution >= 0.6 is 0 Å². The number of hydrogen-bond acceptors (Lipinski definition) is 5. The zero-order valence-corrected chi connectivity index (χ0v) is 15.5. The summed E-state index contributed by atoms with van der Waals surface area (Å²) in [7, 11) is -2.93. The molecule has 0 spiro atoms. The first-order valence-corrected chi connectivity index (χ1v) is 11.3. The van der Waals surface area contributed by atoms with Crippen molar-refractivity contribution in [2.24, 2.45) is 11.8 Å². The van der Waals surface area contributed by atoms with Crippen molar-refractivity contribution < 1.29 is 8.42 Å². The number of aromatic nitrogens is 3. The summed E-state index contributed by atoms with van der Waals surface area (Å²) in [5.74, 6) is 4.13. The van der Waals surface area contributed by atoms with E-state index < -0.39 is 9.84 Å². The van der Waals surface area contributed by atoms with Crippen LogP contribution < -0.4 is 5.32 Å². The first-order valence-electron chi connectivity index (χ1n) is 9.51. The second-order valence-corrected chi connectivity index (χ2v) is 10.1. The topological polar surface area (TPSA) is 76.9 Å². The summed E-state index contributed by atoms with van der Waals surface area (Å²) in [6, 6.07) is 10.3. The van der Waals surface area contributed by atoms with Gasteiger partial charge in [0.15, 0.2) is 15.7 Å². The SMILES string of the molecule is O=S1(=O)CC[C@H](n2nc(CCc3ccccc3)nc2C2[C@H]3CNC[C@@H]23)C1. The Labute approximate surface area is 153 Å². The molecule has 1 aromatic heterocycles. The van der Waals surface area contributed by atoms with Crippen LogP contribution in [-0.4, -0.2) is 47.8 Å². The smallest absolute Gasteiger partial charge is 0.152 e. The molecule has 1 aliphatic carbocycles. The normalized spacial score (nSPS) is 31.8. The number of sulfone groups is 1. The lowest BCUT2D eigenvalue weighted by molar-refractivity contribution is 0.465. The molecule has 3 heterocycles. The molecule has 1 aromatic carbocycles. The first-order chi connectivity index (χ1) is 12.6. The number of benzene rings is 1. The zero-order valence-electron chi connectivity index (χ0n) is 14.7. The predicted molar refractivity (Wildman–Crippen MR) is 98.8 cm³/mol. The molecule has 2 saturated heterocycles. The molecule has 26 heavy (non-hydrogen) atoms. The van der Waals surface area contributed by atoms with Gasteiger partial charge in [-0.05, 0) is 43.3 Å². The second-order valence-electron chi connectivity index (χ2n) is 7.88. The van der Waals surface area contributed by atoms with Crippen molar-refractivity contribution >= 4 is 9.84 Å². The summed E-state index contributed by atoms with van der Waals surface area (Å²) in [5.41, 5.74) is 1.28. The fraction of sp³-hybridized carbons (Fsp3) is 0.579. The van der Waals surface area contributed by atoms with E-state index in [2.05, 4.69) is 29.6 Å². The van der Waals surface area contributed by atoms with Gasteiger partial charge in [-0.2, -0.15) is 5.10 Å². The van der Waals surface area contributed by atoms with Gasteiger partial charge in [-0.1, -0.05) is 30.3 Å². The molecule has 2 aliphatic heterocycles. The van der Waals surface area contributed by atoms with Crippen molar-refractivity contribution in [2.45, 2.75) is 31.2 Å². The lowest BCUT2D eigenvalue weighted by Gasteiger charge is -2.12. The Morgan fingerprint density at radius 1 is 1.12 bits per heavy atom. The maximum atomic E-state index is 12.0. The molecule has 6 nitrogen and oxygen atoms in total. The van der Waals surface area contributed by atoms with Gasteiger partial charge >= 0.3 is 0 Å². The summed E-state index contributed by atoms with van der Waals surface area (Å²) in [6.07, 6.45) is 2.37. The third-order valence-corrected chi connectivity index (χ3v) is 7.88. The zero-order chi connectivity index (χ0) is 17.7. The molecule has 0 amide bonds. The number of rotatable bonds is 5. The van der Waals surface area contributed by atoms with Crippen molar-refractivity contribution in [3.8, 4) is 0 Å². The predicted octanol–water partition coefficient (Wildman–Crippen LogP) is 1.36. The monoisotopic (exact) mass is 372 g/mol. The van der Waals surface area contributed by atoms with Gasteiger partial charge in [0.2, 0.25) is 0 Å². The molecule has 7 heteroatoms. The van der Waals surface area contributed by atoms with E-state index in [9.17, 15) is 8.42 Å². The van der Waals surface area contributed by atoms with Gasteiger partial charge in [0.05, 0.1) is 17.5 Å². The van der Waals surface area contributed by atoms with Crippen LogP contribution in [0.1, 0.15) is 35.6 Å². The Hall–Kier alpha value is -1.73. The Balaban J connectivity index is 1.40. The lowest BCUT2D eigenvalue weighted by atomic mass is 10.1. The summed E-state index contributed by atoms with van der Waals surface area (Å²) in [4.78, 5) is 4.89. The average molecular weight is 372 g/mol. The highest BCUT2D eigenvalue weighted by atomic mass is 32.2. The highest BCUT2D eigenvalue weighted by Crippen LogP contribution is 2.55. The van der Waals surface area contributed by atoms with Crippen molar-refractivity contribution in [2.75, 3.05) is 24.6 Å². The minimum atomic E-state index is -2.93. The first kappa shape index (κ1) is 16.4. The van der Waals surface area contributed by atoms with Gasteiger partial charge in [0, 0.05) is 12.3 Å². The second kappa shape index (κ2) is 6.16. The highest BCUT2D eigenvalue weighted by molar-refractivity contribution is 7.91. The quantitative estimate of drug-likeness (QED) is 0.857. The van der Waals surface area contributed by atoms with Gasteiger partial charge in [-0.3, -0.25) is 0 Å². The van der Waals surface area contributed by atoms with Gasteiger partial charge in [-0.25, -0.2) is 18.1 Å². The van der Waals surface area contributed by atoms with E-state index in [1.54, 1.807) is 0 Å². The van der Waals surface area contributed by atoms with Crippen LogP contribution in [-0.2, 0) is 22.7 Å². The molecule has 0 bridgehead atoms. The van der Waals surface area contributed by atoms with Gasteiger partial charge in [0.1, 0.15) is 5.82 Å². The number of nitrogens with one attached hydrogen (secondary N) is 1. The summed E-state index contributed by atoms with van der Waals surface area (Å²) in [5, 5.41) is 8.21. The molecule has 4 atom stereocenters. The molecule has 2 aromatic rings. The minimum absolute atomic E-state index is 0.0396. The summed E-state index contributed by atoms with van der Waals surface area (Å²) < 4.78 is 25.9. The van der Waals surface area contributed by atoms with Crippen molar-refractivity contribution in [3.63, 3.8) is 0 Å². The van der Waals surface area contributed by atoms with E-state index in [1.165, 1.54) is 5.56 Å². The van der Waals surface area contributed by atoms with Crippen LogP contribution in [0.25, 0.3) is 0 Å². The maximum absolute atomic E-state index is 12.0. The van der Waals surface area contributed by atoms with E-state index >= 15 is 0 Å². The van der Waals surface area contributed by atoms with Gasteiger partial charge < -0.3 is 5.32 Å². The summed E-state index contributed by atoms with van der Waals surface area (Å²) in [6.45, 7) is 2.09. The third kappa shape index (κ3) is 2.97. The van der Waals surface area contributed by atoms with Gasteiger partial charge in [-0.15, -0.1) is 0 Å². The van der Waals surface area contributed by atoms with Crippen LogP contribution in [0.2, 0.25) is 0 Å². The average Bonchev–Trinajstić information content (AvgIpc) is 3.06. The molecule has 1 N–H and O–H groups in total. The lowest BCUT2D eigenvalue weighted by Crippen LogP contribution is -2.19. The van der Waals surface area contributed by atoms with Crippen LogP contribution in [0.3, 0.4) is 0 Å². The fourth-order valence-electron chi connectivity index (χ4n) is 4.65. The fourth-order valence-corrected chi connectivity index (χ4v) is 6.35. The molecule has 1 saturated carbocycles. The number of fused-ring (bicyclic) bond motifs is 1. The molecule has 3 fully saturated rings. The van der Waals surface area contributed by atoms with Crippen LogP contribution in [0.4, 0.5) is 0 Å². The highest BCUT2D eigenvalue weighted by Gasteiger charge is 2.56. The number of piperidine rings is 1. The van der Waals surface area contributed by atoms with Crippen LogP contribution in [0, 0.1) is 11.8 Å². The van der Waals surface area contributed by atoms with Crippen molar-refractivity contribution in [1.82, 2.24) is 20.1 Å². The van der Waals surface area contributed by atoms with Crippen LogP contribution in [0.5, 0.6) is 0 Å². The van der Waals surface area contributed by atoms with Crippen molar-refractivity contribution in [1.29, 1.82) is 0 Å². The Kier molecular flexibility index (Phi) is 3.90. The van der Waals surface area contributed by atoms with E-state index in [1.807, 2.05) is 10.7 Å². The molecular weight excluding hydrogens is 348 g/mol. The molecule has 0 radical (unpaired) electrons. The standard InChI is InChI=1S/C19H24N4O2S/c24-26(25)9-8-14(12-26)23-19(18-15-10-20-11-16(15)18)21-17(22-23)7-6-13-4-2-1-3-5-13/h1-5,14-16,18,20H,6-12H2/t14-,15-,16+,18?/m0/s1. The molecule has 1 unspecified atom stereocenters. The Morgan fingerprint density at radius 3 is 2.58 bits per heavy atom. The van der Waals surface area contributed by atoms with E-state index in [-0.39, 0.29) is 17.5 Å². The molecule has 5 rings (SSSR count). The number of aryl methyl sites for hydroxylation is 2. The van der Waals surface area contributed by atoms with Gasteiger partial charge in [0.25, 0.3) is 0 Å². The Bertz CT molecular complexity index is 899.